The molecule has 0 atom stereocenters. The van der Waals surface area contributed by atoms with E-state index in [1.54, 1.807) is 20.4 Å². The normalized spacial score (nSPS) is 11.1. The Bertz CT molecular complexity index is 699. The Morgan fingerprint density at radius 2 is 1.96 bits per heavy atom. The highest BCUT2D eigenvalue weighted by atomic mass is 16.5. The SMILES string of the molecule is CCOc1cc(C)ccc1CNC(=NC)NCc1ccc(OC)nc1. The maximum atomic E-state index is 5.71. The molecule has 0 spiro atoms. The first-order chi connectivity index (χ1) is 12.2. The zero-order valence-corrected chi connectivity index (χ0v) is 15.3. The summed E-state index contributed by atoms with van der Waals surface area (Å²) in [7, 11) is 3.35. The Labute approximate surface area is 149 Å². The van der Waals surface area contributed by atoms with E-state index in [4.69, 9.17) is 9.47 Å². The van der Waals surface area contributed by atoms with Crippen LogP contribution in [-0.4, -0.2) is 31.7 Å². The topological polar surface area (TPSA) is 67.8 Å². The van der Waals surface area contributed by atoms with Crippen molar-refractivity contribution in [2.45, 2.75) is 26.9 Å². The Morgan fingerprint density at radius 3 is 2.60 bits per heavy atom. The fourth-order valence-electron chi connectivity index (χ4n) is 2.32. The van der Waals surface area contributed by atoms with Gasteiger partial charge in [-0.2, -0.15) is 0 Å². The van der Waals surface area contributed by atoms with E-state index < -0.39 is 0 Å². The number of methoxy groups -OCH3 is 1. The van der Waals surface area contributed by atoms with Gasteiger partial charge in [0.1, 0.15) is 5.75 Å². The number of nitrogens with zero attached hydrogens (tertiary/aromatic N) is 2. The van der Waals surface area contributed by atoms with Gasteiger partial charge in [-0.1, -0.05) is 18.2 Å². The molecule has 0 saturated heterocycles. The lowest BCUT2D eigenvalue weighted by atomic mass is 10.1. The second kappa shape index (κ2) is 9.52. The first kappa shape index (κ1) is 18.6. The highest BCUT2D eigenvalue weighted by molar-refractivity contribution is 5.79. The molecule has 0 aliphatic heterocycles. The first-order valence-corrected chi connectivity index (χ1v) is 8.32. The summed E-state index contributed by atoms with van der Waals surface area (Å²) < 4.78 is 10.8. The molecule has 1 aromatic heterocycles. The number of aromatic nitrogens is 1. The lowest BCUT2D eigenvalue weighted by Crippen LogP contribution is -2.36. The molecule has 0 aliphatic carbocycles. The van der Waals surface area contributed by atoms with Crippen molar-refractivity contribution in [3.8, 4) is 11.6 Å². The van der Waals surface area contributed by atoms with Crippen LogP contribution in [0.4, 0.5) is 0 Å². The Hall–Kier alpha value is -2.76. The summed E-state index contributed by atoms with van der Waals surface area (Å²) in [5.41, 5.74) is 3.33. The summed E-state index contributed by atoms with van der Waals surface area (Å²) in [6.07, 6.45) is 1.78. The van der Waals surface area contributed by atoms with Gasteiger partial charge in [-0.25, -0.2) is 4.98 Å². The number of rotatable bonds is 7. The van der Waals surface area contributed by atoms with E-state index in [-0.39, 0.29) is 0 Å². The molecule has 0 bridgehead atoms. The van der Waals surface area contributed by atoms with Gasteiger partial charge in [0.05, 0.1) is 13.7 Å². The molecule has 1 aromatic carbocycles. The highest BCUT2D eigenvalue weighted by Gasteiger charge is 2.05. The third kappa shape index (κ3) is 5.67. The van der Waals surface area contributed by atoms with E-state index in [1.165, 1.54) is 5.56 Å². The standard InChI is InChI=1S/C19H26N4O2/c1-5-25-17-10-14(2)6-8-16(17)13-23-19(20-3)22-12-15-7-9-18(24-4)21-11-15/h6-11H,5,12-13H2,1-4H3,(H2,20,22,23). The third-order valence-corrected chi connectivity index (χ3v) is 3.66. The molecule has 2 N–H and O–H groups in total. The van der Waals surface area contributed by atoms with Crippen LogP contribution in [0.5, 0.6) is 11.6 Å². The summed E-state index contributed by atoms with van der Waals surface area (Å²) in [5, 5.41) is 6.58. The van der Waals surface area contributed by atoms with Crippen molar-refractivity contribution in [3.63, 3.8) is 0 Å². The van der Waals surface area contributed by atoms with E-state index >= 15 is 0 Å². The number of aliphatic imine (C=N–C) groups is 1. The number of pyridine rings is 1. The quantitative estimate of drug-likeness (QED) is 0.598. The van der Waals surface area contributed by atoms with Gasteiger partial charge in [0.2, 0.25) is 5.88 Å². The van der Waals surface area contributed by atoms with E-state index in [0.717, 1.165) is 22.8 Å². The summed E-state index contributed by atoms with van der Waals surface area (Å²) >= 11 is 0. The Kier molecular flexibility index (Phi) is 7.07. The summed E-state index contributed by atoms with van der Waals surface area (Å²) in [6.45, 7) is 5.96. The molecule has 0 unspecified atom stereocenters. The van der Waals surface area contributed by atoms with Gasteiger partial charge >= 0.3 is 0 Å². The predicted molar refractivity (Wildman–Crippen MR) is 100 cm³/mol. The van der Waals surface area contributed by atoms with Crippen LogP contribution in [0.3, 0.4) is 0 Å². The number of hydrogen-bond donors (Lipinski definition) is 2. The Morgan fingerprint density at radius 1 is 1.16 bits per heavy atom. The van der Waals surface area contributed by atoms with Crippen LogP contribution in [0.2, 0.25) is 0 Å². The van der Waals surface area contributed by atoms with Crippen LogP contribution in [0.25, 0.3) is 0 Å². The van der Waals surface area contributed by atoms with Gasteiger partial charge in [-0.05, 0) is 31.0 Å². The minimum Gasteiger partial charge on any atom is -0.494 e. The molecule has 134 valence electrons. The van der Waals surface area contributed by atoms with Crippen molar-refractivity contribution >= 4 is 5.96 Å². The van der Waals surface area contributed by atoms with Gasteiger partial charge in [-0.15, -0.1) is 0 Å². The van der Waals surface area contributed by atoms with Crippen molar-refractivity contribution < 1.29 is 9.47 Å². The molecule has 1 heterocycles. The fraction of sp³-hybridized carbons (Fsp3) is 0.368. The van der Waals surface area contributed by atoms with Crippen LogP contribution in [0, 0.1) is 6.92 Å². The van der Waals surface area contributed by atoms with E-state index in [0.29, 0.717) is 25.6 Å². The smallest absolute Gasteiger partial charge is 0.212 e. The maximum absolute atomic E-state index is 5.71. The van der Waals surface area contributed by atoms with Crippen LogP contribution in [0.1, 0.15) is 23.6 Å². The van der Waals surface area contributed by atoms with Gasteiger partial charge in [0, 0.05) is 38.0 Å². The average molecular weight is 342 g/mol. The number of nitrogens with one attached hydrogen (secondary N) is 2. The first-order valence-electron chi connectivity index (χ1n) is 8.32. The van der Waals surface area contributed by atoms with E-state index in [2.05, 4.69) is 45.7 Å². The molecule has 6 heteroatoms. The molecule has 25 heavy (non-hydrogen) atoms. The lowest BCUT2D eigenvalue weighted by Gasteiger charge is -2.15. The monoisotopic (exact) mass is 342 g/mol. The molecular formula is C19H26N4O2. The minimum absolute atomic E-state index is 0.606. The van der Waals surface area contributed by atoms with Crippen LogP contribution in [-0.2, 0) is 13.1 Å². The summed E-state index contributed by atoms with van der Waals surface area (Å²) in [4.78, 5) is 8.45. The van der Waals surface area contributed by atoms with Crippen molar-refractivity contribution in [1.82, 2.24) is 15.6 Å². The lowest BCUT2D eigenvalue weighted by molar-refractivity contribution is 0.336. The van der Waals surface area contributed by atoms with Crippen LogP contribution in [0.15, 0.2) is 41.5 Å². The van der Waals surface area contributed by atoms with E-state index in [9.17, 15) is 0 Å². The van der Waals surface area contributed by atoms with E-state index in [1.807, 2.05) is 19.1 Å². The van der Waals surface area contributed by atoms with Gasteiger partial charge < -0.3 is 20.1 Å². The number of ether oxygens (including phenoxy) is 2. The van der Waals surface area contributed by atoms with Crippen molar-refractivity contribution in [1.29, 1.82) is 0 Å². The van der Waals surface area contributed by atoms with Gasteiger partial charge in [0.15, 0.2) is 5.96 Å². The molecular weight excluding hydrogens is 316 g/mol. The minimum atomic E-state index is 0.606. The molecule has 6 nitrogen and oxygen atoms in total. The second-order valence-electron chi connectivity index (χ2n) is 5.53. The molecule has 2 aromatic rings. The molecule has 0 amide bonds. The molecule has 0 aliphatic rings. The van der Waals surface area contributed by atoms with Gasteiger partial charge in [0.25, 0.3) is 0 Å². The predicted octanol–water partition coefficient (Wildman–Crippen LogP) is 2.66. The van der Waals surface area contributed by atoms with Crippen LogP contribution >= 0.6 is 0 Å². The fourth-order valence-corrected chi connectivity index (χ4v) is 2.32. The molecule has 0 saturated carbocycles. The zero-order chi connectivity index (χ0) is 18.1. The number of aryl methyl sites for hydroxylation is 1. The van der Waals surface area contributed by atoms with Crippen molar-refractivity contribution in [2.75, 3.05) is 20.8 Å². The maximum Gasteiger partial charge on any atom is 0.212 e. The number of benzene rings is 1. The molecule has 2 rings (SSSR count). The van der Waals surface area contributed by atoms with Crippen LogP contribution < -0.4 is 20.1 Å². The molecule has 0 fully saturated rings. The number of guanidine groups is 1. The third-order valence-electron chi connectivity index (χ3n) is 3.66. The van der Waals surface area contributed by atoms with Crippen molar-refractivity contribution in [3.05, 3.63) is 53.2 Å². The average Bonchev–Trinajstić information content (AvgIpc) is 2.64. The summed E-state index contributed by atoms with van der Waals surface area (Å²) in [6, 6.07) is 10.0. The zero-order valence-electron chi connectivity index (χ0n) is 15.3. The van der Waals surface area contributed by atoms with Gasteiger partial charge in [-0.3, -0.25) is 4.99 Å². The summed E-state index contributed by atoms with van der Waals surface area (Å²) in [5.74, 6) is 2.23. The molecule has 0 radical (unpaired) electrons. The number of hydrogen-bond acceptors (Lipinski definition) is 4. The van der Waals surface area contributed by atoms with Crippen molar-refractivity contribution in [2.24, 2.45) is 4.99 Å². The highest BCUT2D eigenvalue weighted by Crippen LogP contribution is 2.20. The Balaban J connectivity index is 1.91. The second-order valence-corrected chi connectivity index (χ2v) is 5.53. The largest absolute Gasteiger partial charge is 0.494 e.